The molecule has 0 bridgehead atoms. The molecule has 0 fully saturated rings. The van der Waals surface area contributed by atoms with Gasteiger partial charge in [0, 0.05) is 4.47 Å². The van der Waals surface area contributed by atoms with Gasteiger partial charge >= 0.3 is 0 Å². The second-order valence-corrected chi connectivity index (χ2v) is 8.01. The smallest absolute Gasteiger partial charge is 0.161 e. The van der Waals surface area contributed by atoms with Gasteiger partial charge in [0.05, 0.1) is 0 Å². The molecule has 0 N–H and O–H groups in total. The normalized spacial score (nSPS) is 24.9. The topological polar surface area (TPSA) is 18.5 Å². The van der Waals surface area contributed by atoms with Gasteiger partial charge in [-0.25, -0.2) is 0 Å². The maximum atomic E-state index is 6.15. The number of hydrogen-bond acceptors (Lipinski definition) is 2. The Morgan fingerprint density at radius 1 is 1.00 bits per heavy atom. The fraction of sp³-hybridized carbons (Fsp3) is 0.364. The van der Waals surface area contributed by atoms with Gasteiger partial charge in [-0.3, -0.25) is 0 Å². The maximum absolute atomic E-state index is 6.15. The number of allylic oxidation sites excluding steroid dienone is 2. The Morgan fingerprint density at radius 3 is 2.64 bits per heavy atom. The van der Waals surface area contributed by atoms with Crippen LogP contribution in [-0.2, 0) is 6.42 Å². The third kappa shape index (κ3) is 4.27. The number of ether oxygens (including phenoxy) is 2. The zero-order valence-electron chi connectivity index (χ0n) is 14.2. The molecule has 1 heterocycles. The third-order valence-corrected chi connectivity index (χ3v) is 5.62. The highest BCUT2D eigenvalue weighted by atomic mass is 79.9. The van der Waals surface area contributed by atoms with Crippen LogP contribution in [0, 0.1) is 11.8 Å². The molecule has 0 saturated heterocycles. The number of rotatable bonds is 4. The van der Waals surface area contributed by atoms with E-state index in [9.17, 15) is 0 Å². The summed E-state index contributed by atoms with van der Waals surface area (Å²) in [6.45, 7) is 0.661. The molecule has 0 aromatic heterocycles. The van der Waals surface area contributed by atoms with E-state index in [2.05, 4.69) is 52.3 Å². The molecule has 3 unspecified atom stereocenters. The highest BCUT2D eigenvalue weighted by Gasteiger charge is 2.26. The van der Waals surface area contributed by atoms with Crippen LogP contribution in [0.4, 0.5) is 0 Å². The first kappa shape index (κ1) is 16.7. The van der Waals surface area contributed by atoms with Crippen LogP contribution < -0.4 is 9.47 Å². The van der Waals surface area contributed by atoms with E-state index in [1.807, 2.05) is 24.3 Å². The Bertz CT molecular complexity index is 738. The highest BCUT2D eigenvalue weighted by Crippen LogP contribution is 2.35. The molecule has 1 aliphatic carbocycles. The molecule has 0 amide bonds. The van der Waals surface area contributed by atoms with Crippen molar-refractivity contribution in [3.63, 3.8) is 0 Å². The van der Waals surface area contributed by atoms with Gasteiger partial charge in [-0.15, -0.1) is 0 Å². The van der Waals surface area contributed by atoms with Gasteiger partial charge in [0.1, 0.15) is 12.7 Å². The summed E-state index contributed by atoms with van der Waals surface area (Å²) < 4.78 is 13.2. The van der Waals surface area contributed by atoms with Crippen molar-refractivity contribution in [1.82, 2.24) is 0 Å². The Balaban J connectivity index is 1.33. The molecule has 2 aliphatic rings. The van der Waals surface area contributed by atoms with Gasteiger partial charge in [-0.05, 0) is 67.3 Å². The summed E-state index contributed by atoms with van der Waals surface area (Å²) in [4.78, 5) is 0. The molecular formula is C22H23BrO2. The molecule has 3 heteroatoms. The minimum atomic E-state index is 0.166. The van der Waals surface area contributed by atoms with E-state index in [4.69, 9.17) is 9.47 Å². The van der Waals surface area contributed by atoms with E-state index in [1.165, 1.54) is 12.0 Å². The number of hydrogen-bond donors (Lipinski definition) is 0. The van der Waals surface area contributed by atoms with Crippen LogP contribution in [0.3, 0.4) is 0 Å². The molecule has 0 radical (unpaired) electrons. The van der Waals surface area contributed by atoms with Crippen LogP contribution in [0.1, 0.15) is 24.8 Å². The lowest BCUT2D eigenvalue weighted by Gasteiger charge is -2.31. The number of fused-ring (bicyclic) bond motifs is 1. The summed E-state index contributed by atoms with van der Waals surface area (Å²) in [5, 5.41) is 0. The molecule has 3 atom stereocenters. The van der Waals surface area contributed by atoms with Crippen LogP contribution in [0.15, 0.2) is 65.2 Å². The highest BCUT2D eigenvalue weighted by molar-refractivity contribution is 9.10. The Labute approximate surface area is 158 Å². The molecule has 2 nitrogen and oxygen atoms in total. The van der Waals surface area contributed by atoms with Gasteiger partial charge < -0.3 is 9.47 Å². The number of para-hydroxylation sites is 2. The lowest BCUT2D eigenvalue weighted by Crippen LogP contribution is -2.32. The van der Waals surface area contributed by atoms with Crippen molar-refractivity contribution in [3.05, 3.63) is 70.7 Å². The first-order valence-corrected chi connectivity index (χ1v) is 9.85. The SMILES string of the molecule is Brc1ccc(CC2C=CCC(CC3COc4ccccc4O3)C2)cc1. The van der Waals surface area contributed by atoms with E-state index in [0.29, 0.717) is 18.4 Å². The van der Waals surface area contributed by atoms with E-state index in [1.54, 1.807) is 0 Å². The molecule has 0 spiro atoms. The Kier molecular flexibility index (Phi) is 5.12. The molecule has 2 aromatic rings. The zero-order chi connectivity index (χ0) is 17.1. The fourth-order valence-corrected chi connectivity index (χ4v) is 4.15. The van der Waals surface area contributed by atoms with Crippen molar-refractivity contribution in [2.24, 2.45) is 11.8 Å². The van der Waals surface area contributed by atoms with Crippen molar-refractivity contribution < 1.29 is 9.47 Å². The summed E-state index contributed by atoms with van der Waals surface area (Å²) in [6.07, 6.45) is 9.48. The average Bonchev–Trinajstić information content (AvgIpc) is 2.64. The monoisotopic (exact) mass is 398 g/mol. The Hall–Kier alpha value is -1.74. The molecule has 130 valence electrons. The minimum absolute atomic E-state index is 0.166. The first-order chi connectivity index (χ1) is 12.3. The quantitative estimate of drug-likeness (QED) is 0.605. The number of benzene rings is 2. The van der Waals surface area contributed by atoms with Crippen molar-refractivity contribution >= 4 is 15.9 Å². The first-order valence-electron chi connectivity index (χ1n) is 9.06. The molecule has 25 heavy (non-hydrogen) atoms. The molecular weight excluding hydrogens is 376 g/mol. The van der Waals surface area contributed by atoms with E-state index in [0.717, 1.165) is 35.2 Å². The third-order valence-electron chi connectivity index (χ3n) is 5.09. The summed E-state index contributed by atoms with van der Waals surface area (Å²) in [6, 6.07) is 16.7. The summed E-state index contributed by atoms with van der Waals surface area (Å²) in [5.74, 6) is 3.05. The van der Waals surface area contributed by atoms with Crippen LogP contribution in [-0.4, -0.2) is 12.7 Å². The van der Waals surface area contributed by atoms with Crippen molar-refractivity contribution in [3.8, 4) is 11.5 Å². The lowest BCUT2D eigenvalue weighted by molar-refractivity contribution is 0.0690. The van der Waals surface area contributed by atoms with Crippen molar-refractivity contribution in [2.75, 3.05) is 6.61 Å². The predicted molar refractivity (Wildman–Crippen MR) is 104 cm³/mol. The predicted octanol–water partition coefficient (Wildman–Crippen LogP) is 5.80. The standard InChI is InChI=1S/C22H23BrO2/c23-19-10-8-16(9-11-19)12-17-4-3-5-18(13-17)14-20-15-24-21-6-1-2-7-22(21)25-20/h1-4,6-11,17-18,20H,5,12-15H2. The van der Waals surface area contributed by atoms with Gasteiger partial charge in [-0.1, -0.05) is 52.3 Å². The second-order valence-electron chi connectivity index (χ2n) is 7.09. The molecule has 4 rings (SSSR count). The van der Waals surface area contributed by atoms with Crippen LogP contribution in [0.2, 0.25) is 0 Å². The average molecular weight is 399 g/mol. The fourth-order valence-electron chi connectivity index (χ4n) is 3.88. The van der Waals surface area contributed by atoms with E-state index < -0.39 is 0 Å². The largest absolute Gasteiger partial charge is 0.486 e. The van der Waals surface area contributed by atoms with Gasteiger partial charge in [0.2, 0.25) is 0 Å². The molecule has 2 aromatic carbocycles. The van der Waals surface area contributed by atoms with E-state index in [-0.39, 0.29) is 6.10 Å². The molecule has 0 saturated carbocycles. The van der Waals surface area contributed by atoms with Crippen molar-refractivity contribution in [2.45, 2.75) is 31.8 Å². The van der Waals surface area contributed by atoms with Gasteiger partial charge in [0.15, 0.2) is 11.5 Å². The Morgan fingerprint density at radius 2 is 1.80 bits per heavy atom. The zero-order valence-corrected chi connectivity index (χ0v) is 15.8. The second kappa shape index (κ2) is 7.65. The van der Waals surface area contributed by atoms with Crippen LogP contribution in [0.25, 0.3) is 0 Å². The maximum Gasteiger partial charge on any atom is 0.161 e. The number of halogens is 1. The lowest BCUT2D eigenvalue weighted by atomic mass is 9.81. The summed E-state index contributed by atoms with van der Waals surface area (Å²) in [5.41, 5.74) is 1.41. The van der Waals surface area contributed by atoms with Crippen molar-refractivity contribution in [1.29, 1.82) is 0 Å². The van der Waals surface area contributed by atoms with E-state index >= 15 is 0 Å². The summed E-state index contributed by atoms with van der Waals surface area (Å²) >= 11 is 3.51. The summed E-state index contributed by atoms with van der Waals surface area (Å²) in [7, 11) is 0. The van der Waals surface area contributed by atoms with Crippen LogP contribution in [0.5, 0.6) is 11.5 Å². The minimum Gasteiger partial charge on any atom is -0.486 e. The van der Waals surface area contributed by atoms with Crippen LogP contribution >= 0.6 is 15.9 Å². The molecule has 1 aliphatic heterocycles. The van der Waals surface area contributed by atoms with Gasteiger partial charge in [0.25, 0.3) is 0 Å². The van der Waals surface area contributed by atoms with Gasteiger partial charge in [-0.2, -0.15) is 0 Å².